The molecule has 4 nitrogen and oxygen atoms in total. The van der Waals surface area contributed by atoms with Gasteiger partial charge < -0.3 is 0 Å². The van der Waals surface area contributed by atoms with Gasteiger partial charge in [0.05, 0.1) is 0 Å². The van der Waals surface area contributed by atoms with Gasteiger partial charge in [0.15, 0.2) is 0 Å². The van der Waals surface area contributed by atoms with Crippen LogP contribution >= 0.6 is 0 Å². The topological polar surface area (TPSA) is 46.1 Å². The first kappa shape index (κ1) is 13.4. The fourth-order valence-corrected chi connectivity index (χ4v) is 4.05. The van der Waals surface area contributed by atoms with Gasteiger partial charge in [-0.2, -0.15) is 0 Å². The van der Waals surface area contributed by atoms with Crippen molar-refractivity contribution < 1.29 is 4.79 Å². The van der Waals surface area contributed by atoms with Crippen molar-refractivity contribution in [3.05, 3.63) is 18.1 Å². The second kappa shape index (κ2) is 5.12. The molecule has 1 aromatic heterocycles. The van der Waals surface area contributed by atoms with Crippen LogP contribution in [0.4, 0.5) is 0 Å². The van der Waals surface area contributed by atoms with Crippen molar-refractivity contribution in [1.82, 2.24) is 14.9 Å². The summed E-state index contributed by atoms with van der Waals surface area (Å²) in [6.07, 6.45) is 3.35. The summed E-state index contributed by atoms with van der Waals surface area (Å²) in [5.74, 6) is -0.0970. The Balaban J connectivity index is 2.80. The molecule has 16 heavy (non-hydrogen) atoms. The molecule has 1 aromatic rings. The van der Waals surface area contributed by atoms with E-state index in [0.717, 1.165) is 3.71 Å². The van der Waals surface area contributed by atoms with E-state index in [-0.39, 0.29) is 5.91 Å². The maximum atomic E-state index is 11.6. The summed E-state index contributed by atoms with van der Waals surface area (Å²) in [5, 5.41) is 0. The van der Waals surface area contributed by atoms with E-state index in [1.807, 2.05) is 0 Å². The van der Waals surface area contributed by atoms with Crippen molar-refractivity contribution in [3.8, 4) is 0 Å². The molecule has 0 spiro atoms. The van der Waals surface area contributed by atoms with Crippen LogP contribution < -0.4 is 3.71 Å². The number of rotatable bonds is 2. The average molecular weight is 326 g/mol. The Morgan fingerprint density at radius 2 is 1.88 bits per heavy atom. The second-order valence-corrected chi connectivity index (χ2v) is 11.3. The minimum absolute atomic E-state index is 0.0970. The van der Waals surface area contributed by atoms with Gasteiger partial charge in [0, 0.05) is 0 Å². The molecule has 0 bridgehead atoms. The van der Waals surface area contributed by atoms with Crippen LogP contribution in [0.2, 0.25) is 3.43 Å². The van der Waals surface area contributed by atoms with Gasteiger partial charge in [-0.15, -0.1) is 0 Å². The minimum atomic E-state index is -0.720. The van der Waals surface area contributed by atoms with Crippen LogP contribution in [0.5, 0.6) is 0 Å². The summed E-state index contributed by atoms with van der Waals surface area (Å²) in [4.78, 5) is 21.6. The number of amides is 1. The zero-order valence-electron chi connectivity index (χ0n) is 10.4. The SMILES string of the molecule is CN(C)C(=O)c1cn[c]([Sn][C](C)(C)C)cn1. The summed E-state index contributed by atoms with van der Waals surface area (Å²) < 4.78 is 1.44. The fraction of sp³-hybridized carbons (Fsp3) is 0.545. The van der Waals surface area contributed by atoms with Gasteiger partial charge in [0.1, 0.15) is 0 Å². The molecule has 0 saturated carbocycles. The molecular formula is C11H17N3OSn. The number of carbonyl (C=O) groups excluding carboxylic acids is 1. The van der Waals surface area contributed by atoms with Crippen LogP contribution in [-0.4, -0.2) is 56.0 Å². The number of carbonyl (C=O) groups is 1. The number of nitrogens with zero attached hydrogens (tertiary/aromatic N) is 3. The van der Waals surface area contributed by atoms with Gasteiger partial charge in [-0.25, -0.2) is 0 Å². The van der Waals surface area contributed by atoms with Crippen LogP contribution in [0, 0.1) is 0 Å². The Morgan fingerprint density at radius 1 is 1.25 bits per heavy atom. The number of hydrogen-bond donors (Lipinski definition) is 0. The molecule has 0 N–H and O–H groups in total. The predicted molar refractivity (Wildman–Crippen MR) is 65.2 cm³/mol. The molecule has 1 rings (SSSR count). The maximum absolute atomic E-state index is 11.6. The molecule has 0 fully saturated rings. The molecular weight excluding hydrogens is 309 g/mol. The molecule has 5 heteroatoms. The molecule has 0 aliphatic heterocycles. The Hall–Kier alpha value is -0.651. The monoisotopic (exact) mass is 327 g/mol. The van der Waals surface area contributed by atoms with Gasteiger partial charge in [0.25, 0.3) is 0 Å². The van der Waals surface area contributed by atoms with Gasteiger partial charge >= 0.3 is 107 Å². The first-order valence-corrected chi connectivity index (χ1v) is 7.97. The predicted octanol–water partition coefficient (Wildman–Crippen LogP) is 0.726. The van der Waals surface area contributed by atoms with Crippen molar-refractivity contribution in [2.24, 2.45) is 0 Å². The molecule has 1 amide bonds. The number of aromatic nitrogens is 2. The van der Waals surface area contributed by atoms with Crippen molar-refractivity contribution >= 4 is 30.8 Å². The van der Waals surface area contributed by atoms with E-state index in [1.165, 1.54) is 4.90 Å². The van der Waals surface area contributed by atoms with Crippen molar-refractivity contribution in [2.75, 3.05) is 14.1 Å². The van der Waals surface area contributed by atoms with Crippen LogP contribution in [0.15, 0.2) is 12.4 Å². The van der Waals surface area contributed by atoms with Crippen molar-refractivity contribution in [2.45, 2.75) is 24.2 Å². The molecule has 1 heterocycles. The molecule has 0 atom stereocenters. The van der Waals surface area contributed by atoms with E-state index in [9.17, 15) is 4.79 Å². The third-order valence-corrected chi connectivity index (χ3v) is 5.39. The van der Waals surface area contributed by atoms with E-state index in [4.69, 9.17) is 0 Å². The van der Waals surface area contributed by atoms with Crippen LogP contribution in [-0.2, 0) is 0 Å². The molecule has 0 aliphatic rings. The molecule has 0 aromatic carbocycles. The zero-order chi connectivity index (χ0) is 12.3. The van der Waals surface area contributed by atoms with E-state index >= 15 is 0 Å². The van der Waals surface area contributed by atoms with Gasteiger partial charge in [-0.1, -0.05) is 0 Å². The molecule has 2 radical (unpaired) electrons. The normalized spacial score (nSPS) is 11.3. The Labute approximate surface area is 107 Å². The Kier molecular flexibility index (Phi) is 4.29. The quantitative estimate of drug-likeness (QED) is 0.753. The average Bonchev–Trinajstić information content (AvgIpc) is 2.15. The third-order valence-electron chi connectivity index (χ3n) is 1.78. The molecule has 86 valence electrons. The van der Waals surface area contributed by atoms with E-state index < -0.39 is 21.1 Å². The van der Waals surface area contributed by atoms with Crippen molar-refractivity contribution in [3.63, 3.8) is 0 Å². The summed E-state index contributed by atoms with van der Waals surface area (Å²) in [7, 11) is 3.42. The molecule has 0 saturated heterocycles. The van der Waals surface area contributed by atoms with Crippen LogP contribution in [0.3, 0.4) is 0 Å². The standard InChI is InChI=1S/C7H8N3O.C4H9.Sn/c1-10(2)7(11)6-5-8-3-4-9-6;1-4(2)3;/h4-5H,1-2H3;1-3H3;. The Bertz CT molecular complexity index is 368. The van der Waals surface area contributed by atoms with Gasteiger partial charge in [0.2, 0.25) is 0 Å². The van der Waals surface area contributed by atoms with Gasteiger partial charge in [-0.05, 0) is 0 Å². The van der Waals surface area contributed by atoms with Crippen LogP contribution in [0.25, 0.3) is 0 Å². The summed E-state index contributed by atoms with van der Waals surface area (Å²) >= 11 is -0.720. The van der Waals surface area contributed by atoms with Gasteiger partial charge in [-0.3, -0.25) is 0 Å². The number of hydrogen-bond acceptors (Lipinski definition) is 3. The summed E-state index contributed by atoms with van der Waals surface area (Å²) in [6.45, 7) is 6.67. The zero-order valence-corrected chi connectivity index (χ0v) is 13.3. The van der Waals surface area contributed by atoms with E-state index in [1.54, 1.807) is 26.5 Å². The third kappa shape index (κ3) is 4.08. The van der Waals surface area contributed by atoms with E-state index in [0.29, 0.717) is 9.12 Å². The summed E-state index contributed by atoms with van der Waals surface area (Å²) in [5.41, 5.74) is 0.419. The molecule has 0 unspecified atom stereocenters. The first-order chi connectivity index (χ1) is 7.29. The van der Waals surface area contributed by atoms with Crippen molar-refractivity contribution in [1.29, 1.82) is 0 Å². The Morgan fingerprint density at radius 3 is 2.25 bits per heavy atom. The second-order valence-electron chi connectivity index (χ2n) is 4.86. The van der Waals surface area contributed by atoms with E-state index in [2.05, 4.69) is 30.7 Å². The fourth-order valence-electron chi connectivity index (χ4n) is 1.12. The first-order valence-electron chi connectivity index (χ1n) is 5.11. The van der Waals surface area contributed by atoms with Crippen LogP contribution in [0.1, 0.15) is 31.3 Å². The summed E-state index contributed by atoms with van der Waals surface area (Å²) in [6, 6.07) is 0. The molecule has 0 aliphatic carbocycles.